The van der Waals surface area contributed by atoms with E-state index in [4.69, 9.17) is 5.11 Å². The predicted molar refractivity (Wildman–Crippen MR) is 76.1 cm³/mol. The van der Waals surface area contributed by atoms with Gasteiger partial charge in [0.25, 0.3) is 0 Å². The average molecular weight is 265 g/mol. The van der Waals surface area contributed by atoms with E-state index in [2.05, 4.69) is 6.07 Å². The molecule has 0 radical (unpaired) electrons. The van der Waals surface area contributed by atoms with Crippen molar-refractivity contribution in [2.75, 3.05) is 29.6 Å². The Labute approximate surface area is 112 Å². The summed E-state index contributed by atoms with van der Waals surface area (Å²) in [5.74, 6) is 1.54. The Morgan fingerprint density at radius 1 is 1.39 bits per heavy atom. The van der Waals surface area contributed by atoms with Crippen LogP contribution in [0.5, 0.6) is 0 Å². The summed E-state index contributed by atoms with van der Waals surface area (Å²) in [6, 6.07) is 8.16. The minimum Gasteiger partial charge on any atom is -0.396 e. The molecule has 0 saturated carbocycles. The molecule has 0 aliphatic carbocycles. The molecule has 18 heavy (non-hydrogen) atoms. The highest BCUT2D eigenvalue weighted by Gasteiger charge is 2.21. The zero-order chi connectivity index (χ0) is 12.8. The molecule has 0 bridgehead atoms. The van der Waals surface area contributed by atoms with Crippen LogP contribution in [-0.2, 0) is 11.2 Å². The lowest BCUT2D eigenvalue weighted by Gasteiger charge is -2.29. The Kier molecular flexibility index (Phi) is 5.08. The number of aliphatic hydroxyl groups excluding tert-OH is 1. The Hall–Kier alpha value is -1.00. The molecule has 1 N–H and O–H groups in total. The fourth-order valence-corrected chi connectivity index (χ4v) is 3.00. The molecule has 3 nitrogen and oxygen atoms in total. The molecule has 0 saturated heterocycles. The van der Waals surface area contributed by atoms with Gasteiger partial charge in [-0.25, -0.2) is 0 Å². The number of thioether (sulfide) groups is 1. The molecule has 0 atom stereocenters. The Morgan fingerprint density at radius 3 is 3.06 bits per heavy atom. The second-order valence-corrected chi connectivity index (χ2v) is 5.51. The SMILES string of the molecule is O=C(CSCCCO)N1CCCc2ccccc21. The van der Waals surface area contributed by atoms with E-state index in [1.54, 1.807) is 11.8 Å². The predicted octanol–water partition coefficient (Wildman–Crippen LogP) is 2.08. The van der Waals surface area contributed by atoms with Crippen LogP contribution in [0.3, 0.4) is 0 Å². The van der Waals surface area contributed by atoms with Gasteiger partial charge in [0.05, 0.1) is 5.75 Å². The van der Waals surface area contributed by atoms with Crippen molar-refractivity contribution in [3.05, 3.63) is 29.8 Å². The first-order valence-corrected chi connectivity index (χ1v) is 7.55. The topological polar surface area (TPSA) is 40.5 Å². The van der Waals surface area contributed by atoms with Gasteiger partial charge < -0.3 is 10.0 Å². The van der Waals surface area contributed by atoms with Crippen LogP contribution in [0, 0.1) is 0 Å². The lowest BCUT2D eigenvalue weighted by molar-refractivity contribution is -0.116. The standard InChI is InChI=1S/C14H19NO2S/c16-9-4-10-18-11-14(17)15-8-3-6-12-5-1-2-7-13(12)15/h1-2,5,7,16H,3-4,6,8-11H2. The number of hydrogen-bond acceptors (Lipinski definition) is 3. The quantitative estimate of drug-likeness (QED) is 0.829. The van der Waals surface area contributed by atoms with Crippen molar-refractivity contribution in [2.24, 2.45) is 0 Å². The van der Waals surface area contributed by atoms with Crippen molar-refractivity contribution >= 4 is 23.4 Å². The van der Waals surface area contributed by atoms with Gasteiger partial charge in [0.2, 0.25) is 5.91 Å². The largest absolute Gasteiger partial charge is 0.396 e. The van der Waals surface area contributed by atoms with E-state index in [0.717, 1.165) is 37.2 Å². The minimum atomic E-state index is 0.185. The maximum absolute atomic E-state index is 12.2. The molecule has 4 heteroatoms. The lowest BCUT2D eigenvalue weighted by atomic mass is 10.0. The smallest absolute Gasteiger partial charge is 0.236 e. The van der Waals surface area contributed by atoms with Crippen LogP contribution in [0.4, 0.5) is 5.69 Å². The summed E-state index contributed by atoms with van der Waals surface area (Å²) in [6.07, 6.45) is 2.87. The van der Waals surface area contributed by atoms with Crippen molar-refractivity contribution in [2.45, 2.75) is 19.3 Å². The number of amides is 1. The summed E-state index contributed by atoms with van der Waals surface area (Å²) in [5, 5.41) is 8.70. The average Bonchev–Trinajstić information content (AvgIpc) is 2.43. The number of aryl methyl sites for hydroxylation is 1. The highest BCUT2D eigenvalue weighted by Crippen LogP contribution is 2.27. The van der Waals surface area contributed by atoms with Crippen molar-refractivity contribution in [1.82, 2.24) is 0 Å². The maximum Gasteiger partial charge on any atom is 0.236 e. The second kappa shape index (κ2) is 6.81. The van der Waals surface area contributed by atoms with E-state index in [-0.39, 0.29) is 12.5 Å². The number of carbonyl (C=O) groups excluding carboxylic acids is 1. The number of aliphatic hydroxyl groups is 1. The fourth-order valence-electron chi connectivity index (χ4n) is 2.20. The summed E-state index contributed by atoms with van der Waals surface area (Å²) in [6.45, 7) is 1.03. The minimum absolute atomic E-state index is 0.185. The Bertz CT molecular complexity index is 409. The normalized spacial score (nSPS) is 14.4. The third-order valence-electron chi connectivity index (χ3n) is 3.08. The molecule has 1 heterocycles. The molecular weight excluding hydrogens is 246 g/mol. The van der Waals surface area contributed by atoms with Gasteiger partial charge >= 0.3 is 0 Å². The first kappa shape index (κ1) is 13.4. The molecule has 1 aliphatic rings. The van der Waals surface area contributed by atoms with Crippen LogP contribution in [0.15, 0.2) is 24.3 Å². The van der Waals surface area contributed by atoms with Gasteiger partial charge in [-0.3, -0.25) is 4.79 Å². The second-order valence-electron chi connectivity index (χ2n) is 4.41. The molecule has 0 aromatic heterocycles. The number of rotatable bonds is 5. The van der Waals surface area contributed by atoms with Gasteiger partial charge in [0.1, 0.15) is 0 Å². The van der Waals surface area contributed by atoms with E-state index >= 15 is 0 Å². The summed E-state index contributed by atoms with van der Waals surface area (Å²) >= 11 is 1.60. The molecule has 1 amide bonds. The summed E-state index contributed by atoms with van der Waals surface area (Å²) in [7, 11) is 0. The monoisotopic (exact) mass is 265 g/mol. The first-order valence-electron chi connectivity index (χ1n) is 6.40. The van der Waals surface area contributed by atoms with E-state index < -0.39 is 0 Å². The number of anilines is 1. The molecular formula is C14H19NO2S. The van der Waals surface area contributed by atoms with Gasteiger partial charge in [0.15, 0.2) is 0 Å². The number of para-hydroxylation sites is 1. The van der Waals surface area contributed by atoms with Crippen molar-refractivity contribution in [3.63, 3.8) is 0 Å². The molecule has 1 aromatic carbocycles. The van der Waals surface area contributed by atoms with Crippen LogP contribution in [0.1, 0.15) is 18.4 Å². The number of nitrogens with zero attached hydrogens (tertiary/aromatic N) is 1. The van der Waals surface area contributed by atoms with E-state index in [9.17, 15) is 4.79 Å². The van der Waals surface area contributed by atoms with Crippen LogP contribution in [-0.4, -0.2) is 35.7 Å². The molecule has 1 aliphatic heterocycles. The summed E-state index contributed by atoms with van der Waals surface area (Å²) in [5.41, 5.74) is 2.36. The van der Waals surface area contributed by atoms with Crippen molar-refractivity contribution in [3.8, 4) is 0 Å². The van der Waals surface area contributed by atoms with Gasteiger partial charge in [-0.05, 0) is 36.6 Å². The van der Waals surface area contributed by atoms with Gasteiger partial charge in [-0.15, -0.1) is 0 Å². The summed E-state index contributed by atoms with van der Waals surface area (Å²) in [4.78, 5) is 14.1. The van der Waals surface area contributed by atoms with E-state index in [1.807, 2.05) is 23.1 Å². The fraction of sp³-hybridized carbons (Fsp3) is 0.500. The van der Waals surface area contributed by atoms with Crippen LogP contribution in [0.25, 0.3) is 0 Å². The third-order valence-corrected chi connectivity index (χ3v) is 4.11. The molecule has 1 aromatic rings. The molecule has 0 fully saturated rings. The number of benzene rings is 1. The third kappa shape index (κ3) is 3.27. The number of hydrogen-bond donors (Lipinski definition) is 1. The summed E-state index contributed by atoms with van der Waals surface area (Å²) < 4.78 is 0. The van der Waals surface area contributed by atoms with Crippen LogP contribution < -0.4 is 4.90 Å². The lowest BCUT2D eigenvalue weighted by Crippen LogP contribution is -2.36. The Balaban J connectivity index is 1.95. The van der Waals surface area contributed by atoms with E-state index in [1.165, 1.54) is 5.56 Å². The zero-order valence-corrected chi connectivity index (χ0v) is 11.3. The molecule has 98 valence electrons. The molecule has 2 rings (SSSR count). The van der Waals surface area contributed by atoms with Crippen molar-refractivity contribution < 1.29 is 9.90 Å². The number of carbonyl (C=O) groups is 1. The first-order chi connectivity index (χ1) is 8.83. The molecule has 0 spiro atoms. The zero-order valence-electron chi connectivity index (χ0n) is 10.5. The highest BCUT2D eigenvalue weighted by atomic mass is 32.2. The van der Waals surface area contributed by atoms with Gasteiger partial charge in [-0.1, -0.05) is 18.2 Å². The van der Waals surface area contributed by atoms with Crippen LogP contribution in [0.2, 0.25) is 0 Å². The van der Waals surface area contributed by atoms with E-state index in [0.29, 0.717) is 5.75 Å². The Morgan fingerprint density at radius 2 is 2.22 bits per heavy atom. The number of fused-ring (bicyclic) bond motifs is 1. The van der Waals surface area contributed by atoms with Crippen molar-refractivity contribution in [1.29, 1.82) is 0 Å². The van der Waals surface area contributed by atoms with Gasteiger partial charge in [-0.2, -0.15) is 11.8 Å². The van der Waals surface area contributed by atoms with Crippen LogP contribution >= 0.6 is 11.8 Å². The highest BCUT2D eigenvalue weighted by molar-refractivity contribution is 7.99. The van der Waals surface area contributed by atoms with Gasteiger partial charge in [0, 0.05) is 18.8 Å². The molecule has 0 unspecified atom stereocenters. The maximum atomic E-state index is 12.2.